The molecule has 1 fully saturated rings. The van der Waals surface area contributed by atoms with Crippen molar-refractivity contribution < 1.29 is 19.1 Å². The van der Waals surface area contributed by atoms with Crippen LogP contribution in [-0.2, 0) is 9.59 Å². The molecule has 2 rings (SSSR count). The highest BCUT2D eigenvalue weighted by molar-refractivity contribution is 5.77. The molecule has 23 heavy (non-hydrogen) atoms. The molecule has 0 spiro atoms. The number of carboxylic acid groups (broad SMARTS) is 1. The minimum atomic E-state index is -0.823. The summed E-state index contributed by atoms with van der Waals surface area (Å²) in [6, 6.07) is 6.37. The van der Waals surface area contributed by atoms with Crippen LogP contribution in [0.5, 0.6) is 0 Å². The van der Waals surface area contributed by atoms with Gasteiger partial charge in [0.15, 0.2) is 0 Å². The quantitative estimate of drug-likeness (QED) is 0.871. The molecule has 0 aromatic heterocycles. The van der Waals surface area contributed by atoms with Gasteiger partial charge in [-0.2, -0.15) is 0 Å². The first kappa shape index (κ1) is 17.4. The van der Waals surface area contributed by atoms with Gasteiger partial charge in [-0.25, -0.2) is 4.39 Å². The first-order valence-corrected chi connectivity index (χ1v) is 8.24. The van der Waals surface area contributed by atoms with E-state index in [9.17, 15) is 14.0 Å². The van der Waals surface area contributed by atoms with Gasteiger partial charge in [-0.05, 0) is 49.3 Å². The second kappa shape index (κ2) is 8.09. The number of piperidine rings is 1. The van der Waals surface area contributed by atoms with Gasteiger partial charge in [-0.1, -0.05) is 19.1 Å². The number of likely N-dealkylation sites (tertiary alicyclic amines) is 1. The first-order valence-electron chi connectivity index (χ1n) is 8.24. The van der Waals surface area contributed by atoms with E-state index in [1.165, 1.54) is 12.1 Å². The molecular weight excluding hydrogens is 297 g/mol. The van der Waals surface area contributed by atoms with Crippen LogP contribution < -0.4 is 0 Å². The SMILES string of the molecule is C[C@H](CC(=O)N1CCCC[C@H]1CCC(=O)O)c1cccc(F)c1. The number of amides is 1. The van der Waals surface area contributed by atoms with Crippen LogP contribution in [0.2, 0.25) is 0 Å². The minimum absolute atomic E-state index is 0.0204. The van der Waals surface area contributed by atoms with Crippen LogP contribution in [0.15, 0.2) is 24.3 Å². The number of nitrogens with zero attached hydrogens (tertiary/aromatic N) is 1. The lowest BCUT2D eigenvalue weighted by atomic mass is 9.94. The van der Waals surface area contributed by atoms with Gasteiger partial charge in [-0.15, -0.1) is 0 Å². The third-order valence-electron chi connectivity index (χ3n) is 4.54. The van der Waals surface area contributed by atoms with Gasteiger partial charge in [0, 0.05) is 25.4 Å². The third-order valence-corrected chi connectivity index (χ3v) is 4.54. The van der Waals surface area contributed by atoms with E-state index in [1.807, 2.05) is 17.9 Å². The number of hydrogen-bond donors (Lipinski definition) is 1. The monoisotopic (exact) mass is 321 g/mol. The summed E-state index contributed by atoms with van der Waals surface area (Å²) in [5, 5.41) is 8.85. The maximum Gasteiger partial charge on any atom is 0.303 e. The normalized spacial score (nSPS) is 19.4. The van der Waals surface area contributed by atoms with Crippen LogP contribution in [0.25, 0.3) is 0 Å². The largest absolute Gasteiger partial charge is 0.481 e. The molecule has 0 unspecified atom stereocenters. The second-order valence-electron chi connectivity index (χ2n) is 6.33. The molecule has 1 aromatic carbocycles. The van der Waals surface area contributed by atoms with Crippen molar-refractivity contribution in [2.45, 2.75) is 57.4 Å². The molecule has 126 valence electrons. The van der Waals surface area contributed by atoms with Crippen molar-refractivity contribution in [3.8, 4) is 0 Å². The van der Waals surface area contributed by atoms with E-state index < -0.39 is 5.97 Å². The number of aliphatic carboxylic acids is 1. The number of halogens is 1. The summed E-state index contributed by atoms with van der Waals surface area (Å²) < 4.78 is 13.3. The van der Waals surface area contributed by atoms with Gasteiger partial charge < -0.3 is 10.0 Å². The predicted molar refractivity (Wildman–Crippen MR) is 85.7 cm³/mol. The Morgan fingerprint density at radius 3 is 2.87 bits per heavy atom. The summed E-state index contributed by atoms with van der Waals surface area (Å²) in [7, 11) is 0. The minimum Gasteiger partial charge on any atom is -0.481 e. The summed E-state index contributed by atoms with van der Waals surface area (Å²) in [4.78, 5) is 25.2. The smallest absolute Gasteiger partial charge is 0.303 e. The fraction of sp³-hybridized carbons (Fsp3) is 0.556. The fourth-order valence-electron chi connectivity index (χ4n) is 3.23. The topological polar surface area (TPSA) is 57.6 Å². The van der Waals surface area contributed by atoms with E-state index in [4.69, 9.17) is 5.11 Å². The van der Waals surface area contributed by atoms with Crippen molar-refractivity contribution in [2.24, 2.45) is 0 Å². The summed E-state index contributed by atoms with van der Waals surface area (Å²) in [5.74, 6) is -1.13. The van der Waals surface area contributed by atoms with Crippen molar-refractivity contribution >= 4 is 11.9 Å². The average molecular weight is 321 g/mol. The van der Waals surface area contributed by atoms with Crippen LogP contribution >= 0.6 is 0 Å². The molecule has 0 bridgehead atoms. The Labute approximate surface area is 136 Å². The van der Waals surface area contributed by atoms with Gasteiger partial charge in [0.05, 0.1) is 0 Å². The lowest BCUT2D eigenvalue weighted by molar-refractivity contribution is -0.140. The van der Waals surface area contributed by atoms with Crippen LogP contribution in [0.4, 0.5) is 4.39 Å². The molecule has 1 aliphatic heterocycles. The molecule has 1 heterocycles. The van der Waals surface area contributed by atoms with Crippen molar-refractivity contribution in [1.29, 1.82) is 0 Å². The Morgan fingerprint density at radius 2 is 2.17 bits per heavy atom. The zero-order valence-electron chi connectivity index (χ0n) is 13.5. The molecule has 5 heteroatoms. The lowest BCUT2D eigenvalue weighted by Crippen LogP contribution is -2.44. The summed E-state index contributed by atoms with van der Waals surface area (Å²) in [5.41, 5.74) is 0.817. The molecule has 0 radical (unpaired) electrons. The highest BCUT2D eigenvalue weighted by atomic mass is 19.1. The number of benzene rings is 1. The first-order chi connectivity index (χ1) is 11.0. The van der Waals surface area contributed by atoms with E-state index >= 15 is 0 Å². The van der Waals surface area contributed by atoms with Gasteiger partial charge in [0.1, 0.15) is 5.82 Å². The highest BCUT2D eigenvalue weighted by Crippen LogP contribution is 2.26. The van der Waals surface area contributed by atoms with E-state index in [0.29, 0.717) is 19.4 Å². The number of rotatable bonds is 6. The van der Waals surface area contributed by atoms with Crippen molar-refractivity contribution in [2.75, 3.05) is 6.54 Å². The molecular formula is C18H24FNO3. The summed E-state index contributed by atoms with van der Waals surface area (Å²) in [6.07, 6.45) is 3.79. The van der Waals surface area contributed by atoms with Gasteiger partial charge >= 0.3 is 5.97 Å². The highest BCUT2D eigenvalue weighted by Gasteiger charge is 2.28. The molecule has 4 nitrogen and oxygen atoms in total. The predicted octanol–water partition coefficient (Wildman–Crippen LogP) is 3.57. The molecule has 1 saturated heterocycles. The zero-order chi connectivity index (χ0) is 16.8. The Hall–Kier alpha value is -1.91. The Bertz CT molecular complexity index is 561. The Morgan fingerprint density at radius 1 is 1.39 bits per heavy atom. The number of carbonyl (C=O) groups excluding carboxylic acids is 1. The van der Waals surface area contributed by atoms with Crippen molar-refractivity contribution in [3.63, 3.8) is 0 Å². The van der Waals surface area contributed by atoms with E-state index in [0.717, 1.165) is 24.8 Å². The third kappa shape index (κ3) is 5.05. The van der Waals surface area contributed by atoms with E-state index in [-0.39, 0.29) is 30.1 Å². The van der Waals surface area contributed by atoms with Gasteiger partial charge in [0.25, 0.3) is 0 Å². The van der Waals surface area contributed by atoms with Crippen LogP contribution in [0, 0.1) is 5.82 Å². The van der Waals surface area contributed by atoms with Gasteiger partial charge in [0.2, 0.25) is 5.91 Å². The van der Waals surface area contributed by atoms with Crippen LogP contribution in [0.1, 0.15) is 56.9 Å². The molecule has 1 amide bonds. The fourth-order valence-corrected chi connectivity index (χ4v) is 3.23. The Kier molecular flexibility index (Phi) is 6.13. The summed E-state index contributed by atoms with van der Waals surface area (Å²) >= 11 is 0. The number of carboxylic acids is 1. The summed E-state index contributed by atoms with van der Waals surface area (Å²) in [6.45, 7) is 2.61. The van der Waals surface area contributed by atoms with Crippen LogP contribution in [0.3, 0.4) is 0 Å². The van der Waals surface area contributed by atoms with Crippen molar-refractivity contribution in [1.82, 2.24) is 4.90 Å². The van der Waals surface area contributed by atoms with E-state index in [2.05, 4.69) is 0 Å². The zero-order valence-corrected chi connectivity index (χ0v) is 13.5. The number of carbonyl (C=O) groups is 2. The van der Waals surface area contributed by atoms with Crippen LogP contribution in [-0.4, -0.2) is 34.5 Å². The molecule has 1 N–H and O–H groups in total. The van der Waals surface area contributed by atoms with Gasteiger partial charge in [-0.3, -0.25) is 9.59 Å². The molecule has 1 aliphatic rings. The Balaban J connectivity index is 1.98. The lowest BCUT2D eigenvalue weighted by Gasteiger charge is -2.36. The maximum atomic E-state index is 13.3. The molecule has 1 aromatic rings. The maximum absolute atomic E-state index is 13.3. The van der Waals surface area contributed by atoms with E-state index in [1.54, 1.807) is 6.07 Å². The standard InChI is InChI=1S/C18H24FNO3/c1-13(14-5-4-6-15(19)12-14)11-17(21)20-10-3-2-7-16(20)8-9-18(22)23/h4-6,12-13,16H,2-3,7-11H2,1H3,(H,22,23)/t13-,16+/m1/s1. The number of hydrogen-bond acceptors (Lipinski definition) is 2. The molecule has 0 aliphatic carbocycles. The second-order valence-corrected chi connectivity index (χ2v) is 6.33. The average Bonchev–Trinajstić information content (AvgIpc) is 2.53. The molecule has 2 atom stereocenters. The molecule has 0 saturated carbocycles. The van der Waals surface area contributed by atoms with Crippen molar-refractivity contribution in [3.05, 3.63) is 35.6 Å².